The van der Waals surface area contributed by atoms with E-state index in [9.17, 15) is 0 Å². The Balaban J connectivity index is 0. The summed E-state index contributed by atoms with van der Waals surface area (Å²) < 4.78 is 0. The Bertz CT molecular complexity index is 48.8. The zero-order valence-corrected chi connectivity index (χ0v) is 5.29. The highest BCUT2D eigenvalue weighted by molar-refractivity contribution is 5.63. The predicted octanol–water partition coefficient (Wildman–Crippen LogP) is 0.758. The van der Waals surface area contributed by atoms with Crippen molar-refractivity contribution in [2.75, 3.05) is 0 Å². The Hall–Kier alpha value is -0.630. The van der Waals surface area contributed by atoms with Crippen LogP contribution in [0.2, 0.25) is 0 Å². The quantitative estimate of drug-likeness (QED) is 0.405. The third kappa shape index (κ3) is 749. The van der Waals surface area contributed by atoms with Gasteiger partial charge in [0.05, 0.1) is 0 Å². The molecule has 0 aliphatic rings. The Morgan fingerprint density at radius 3 is 1.75 bits per heavy atom. The van der Waals surface area contributed by atoms with Gasteiger partial charge in [0.1, 0.15) is 6.29 Å². The lowest BCUT2D eigenvalue weighted by atomic mass is 10.5. The van der Waals surface area contributed by atoms with Gasteiger partial charge < -0.3 is 5.11 Å². The van der Waals surface area contributed by atoms with Crippen LogP contribution in [-0.2, 0) is 4.79 Å². The summed E-state index contributed by atoms with van der Waals surface area (Å²) in [6, 6.07) is 0. The van der Waals surface area contributed by atoms with E-state index in [2.05, 4.69) is 6.58 Å². The molecule has 0 aromatic carbocycles. The molecule has 8 heavy (non-hydrogen) atoms. The summed E-state index contributed by atoms with van der Waals surface area (Å²) in [5, 5.41) is 8.06. The molecule has 0 fully saturated rings. The van der Waals surface area contributed by atoms with Gasteiger partial charge in [-0.2, -0.15) is 0 Å². The van der Waals surface area contributed by atoms with Gasteiger partial charge in [-0.25, -0.2) is 0 Å². The van der Waals surface area contributed by atoms with E-state index < -0.39 is 0 Å². The number of allylic oxidation sites excluding steroid dienone is 1. The smallest absolute Gasteiger partial charge is 0.142 e. The first-order valence-corrected chi connectivity index (χ1v) is 2.39. The summed E-state index contributed by atoms with van der Waals surface area (Å²) in [6.45, 7) is 6.56. The van der Waals surface area contributed by atoms with Crippen molar-refractivity contribution in [1.82, 2.24) is 0 Å². The molecular formula is C6H12O2. The van der Waals surface area contributed by atoms with Gasteiger partial charge in [0, 0.05) is 6.10 Å². The third-order valence-corrected chi connectivity index (χ3v) is 0.0962. The molecule has 0 rings (SSSR count). The molecular weight excluding hydrogens is 104 g/mol. The number of aliphatic hydroxyl groups excluding tert-OH is 1. The normalized spacial score (nSPS) is 7.00. The molecule has 48 valence electrons. The van der Waals surface area contributed by atoms with Crippen LogP contribution in [0.4, 0.5) is 0 Å². The monoisotopic (exact) mass is 116 g/mol. The van der Waals surface area contributed by atoms with E-state index in [4.69, 9.17) is 9.90 Å². The average Bonchev–Trinajstić information content (AvgIpc) is 1.65. The number of carbonyl (C=O) groups excluding carboxylic acids is 1. The second-order valence-corrected chi connectivity index (χ2v) is 1.47. The molecule has 0 aliphatic carbocycles. The van der Waals surface area contributed by atoms with Crippen molar-refractivity contribution in [3.63, 3.8) is 0 Å². The molecule has 0 aliphatic heterocycles. The molecule has 0 saturated heterocycles. The zero-order valence-electron chi connectivity index (χ0n) is 5.29. The minimum Gasteiger partial charge on any atom is -0.394 e. The maximum absolute atomic E-state index is 9.06. The highest BCUT2D eigenvalue weighted by Crippen LogP contribution is 1.65. The Morgan fingerprint density at radius 1 is 1.62 bits per heavy atom. The van der Waals surface area contributed by atoms with Crippen LogP contribution in [0, 0.1) is 0 Å². The minimum absolute atomic E-state index is 0.167. The van der Waals surface area contributed by atoms with Crippen molar-refractivity contribution in [3.8, 4) is 0 Å². The predicted molar refractivity (Wildman–Crippen MR) is 33.6 cm³/mol. The van der Waals surface area contributed by atoms with Gasteiger partial charge in [-0.3, -0.25) is 4.79 Å². The van der Waals surface area contributed by atoms with Gasteiger partial charge in [-0.1, -0.05) is 6.58 Å². The fraction of sp³-hybridized carbons (Fsp3) is 0.500. The molecule has 0 saturated carbocycles. The van der Waals surface area contributed by atoms with Crippen LogP contribution in [0.25, 0.3) is 0 Å². The van der Waals surface area contributed by atoms with Crippen LogP contribution in [0.15, 0.2) is 12.7 Å². The first-order valence-electron chi connectivity index (χ1n) is 2.39. The molecule has 0 unspecified atom stereocenters. The van der Waals surface area contributed by atoms with E-state index in [1.165, 1.54) is 6.08 Å². The van der Waals surface area contributed by atoms with Crippen molar-refractivity contribution in [1.29, 1.82) is 0 Å². The van der Waals surface area contributed by atoms with E-state index in [1.54, 1.807) is 13.8 Å². The molecule has 0 bridgehead atoms. The fourth-order valence-corrected chi connectivity index (χ4v) is 0. The van der Waals surface area contributed by atoms with E-state index >= 15 is 0 Å². The summed E-state index contributed by atoms with van der Waals surface area (Å²) in [4.78, 5) is 9.06. The van der Waals surface area contributed by atoms with Crippen molar-refractivity contribution < 1.29 is 9.90 Å². The first kappa shape index (κ1) is 10.4. The van der Waals surface area contributed by atoms with Gasteiger partial charge in [0.2, 0.25) is 0 Å². The second kappa shape index (κ2) is 9.62. The Morgan fingerprint density at radius 2 is 1.75 bits per heavy atom. The number of hydrogen-bond acceptors (Lipinski definition) is 2. The summed E-state index contributed by atoms with van der Waals surface area (Å²) in [6.07, 6.45) is 1.67. The highest BCUT2D eigenvalue weighted by atomic mass is 16.3. The highest BCUT2D eigenvalue weighted by Gasteiger charge is 1.69. The summed E-state index contributed by atoms with van der Waals surface area (Å²) >= 11 is 0. The Kier molecular flexibility index (Phi) is 12.5. The van der Waals surface area contributed by atoms with Crippen LogP contribution in [0.3, 0.4) is 0 Å². The lowest BCUT2D eigenvalue weighted by Crippen LogP contribution is -1.85. The number of aldehydes is 1. The van der Waals surface area contributed by atoms with E-state index in [-0.39, 0.29) is 6.10 Å². The van der Waals surface area contributed by atoms with Crippen molar-refractivity contribution in [2.24, 2.45) is 0 Å². The van der Waals surface area contributed by atoms with Gasteiger partial charge >= 0.3 is 0 Å². The SMILES string of the molecule is C=CC=O.CC(C)O. The molecule has 0 aromatic rings. The number of aliphatic hydroxyl groups is 1. The molecule has 0 aromatic heterocycles. The molecule has 0 spiro atoms. The summed E-state index contributed by atoms with van der Waals surface area (Å²) in [7, 11) is 0. The molecule has 1 N–H and O–H groups in total. The fourth-order valence-electron chi connectivity index (χ4n) is 0. The number of hydrogen-bond donors (Lipinski definition) is 1. The van der Waals surface area contributed by atoms with E-state index in [0.717, 1.165) is 0 Å². The van der Waals surface area contributed by atoms with E-state index in [1.807, 2.05) is 0 Å². The maximum Gasteiger partial charge on any atom is 0.142 e. The molecule has 0 radical (unpaired) electrons. The molecule has 0 amide bonds. The van der Waals surface area contributed by atoms with Gasteiger partial charge in [-0.15, -0.1) is 0 Å². The molecule has 2 nitrogen and oxygen atoms in total. The average molecular weight is 116 g/mol. The lowest BCUT2D eigenvalue weighted by Gasteiger charge is -1.80. The van der Waals surface area contributed by atoms with E-state index in [0.29, 0.717) is 6.29 Å². The second-order valence-electron chi connectivity index (χ2n) is 1.47. The van der Waals surface area contributed by atoms with Crippen LogP contribution in [0.5, 0.6) is 0 Å². The lowest BCUT2D eigenvalue weighted by molar-refractivity contribution is -0.104. The number of carbonyl (C=O) groups is 1. The maximum atomic E-state index is 9.06. The van der Waals surface area contributed by atoms with Crippen molar-refractivity contribution in [2.45, 2.75) is 20.0 Å². The van der Waals surface area contributed by atoms with Crippen LogP contribution < -0.4 is 0 Å². The molecule has 0 heterocycles. The molecule has 0 atom stereocenters. The van der Waals surface area contributed by atoms with Crippen LogP contribution >= 0.6 is 0 Å². The van der Waals surface area contributed by atoms with Gasteiger partial charge in [0.15, 0.2) is 0 Å². The Labute approximate surface area is 49.8 Å². The zero-order chi connectivity index (χ0) is 6.99. The summed E-state index contributed by atoms with van der Waals surface area (Å²) in [5.41, 5.74) is 0. The third-order valence-electron chi connectivity index (χ3n) is 0.0962. The topological polar surface area (TPSA) is 37.3 Å². The standard InChI is InChI=1S/C3H8O.C3H4O/c1-3(2)4;1-2-3-4/h3-4H,1-2H3;2-3H,1H2. The largest absolute Gasteiger partial charge is 0.394 e. The first-order chi connectivity index (χ1) is 3.65. The summed E-state index contributed by atoms with van der Waals surface area (Å²) in [5.74, 6) is 0. The van der Waals surface area contributed by atoms with Crippen LogP contribution in [0.1, 0.15) is 13.8 Å². The molecule has 2 heteroatoms. The van der Waals surface area contributed by atoms with Crippen molar-refractivity contribution in [3.05, 3.63) is 12.7 Å². The minimum atomic E-state index is -0.167. The van der Waals surface area contributed by atoms with Crippen LogP contribution in [-0.4, -0.2) is 17.5 Å². The van der Waals surface area contributed by atoms with Gasteiger partial charge in [0.25, 0.3) is 0 Å². The van der Waals surface area contributed by atoms with Crippen molar-refractivity contribution >= 4 is 6.29 Å². The van der Waals surface area contributed by atoms with Gasteiger partial charge in [-0.05, 0) is 19.9 Å². The number of rotatable bonds is 1.